The Hall–Kier alpha value is -0.970. The molecule has 0 bridgehead atoms. The number of aliphatic hydroxyl groups excluding tert-OH is 1. The van der Waals surface area contributed by atoms with Crippen LogP contribution in [0.2, 0.25) is 0 Å². The van der Waals surface area contributed by atoms with Gasteiger partial charge in [-0.25, -0.2) is 9.87 Å². The maximum absolute atomic E-state index is 13.1. The lowest BCUT2D eigenvalue weighted by Gasteiger charge is -2.18. The Morgan fingerprint density at radius 2 is 2.25 bits per heavy atom. The summed E-state index contributed by atoms with van der Waals surface area (Å²) in [5.74, 6) is 0.198. The highest BCUT2D eigenvalue weighted by molar-refractivity contribution is 5.31. The highest BCUT2D eigenvalue weighted by Gasteiger charge is 2.20. The fourth-order valence-electron chi connectivity index (χ4n) is 2.10. The molecule has 0 aromatic heterocycles. The maximum Gasteiger partial charge on any atom is 0.222 e. The van der Waals surface area contributed by atoms with E-state index in [-0.39, 0.29) is 5.92 Å². The first-order valence-electron chi connectivity index (χ1n) is 5.54. The van der Waals surface area contributed by atoms with Crippen molar-refractivity contribution in [3.63, 3.8) is 0 Å². The van der Waals surface area contributed by atoms with Crippen LogP contribution >= 0.6 is 0 Å². The molecule has 0 aliphatic carbocycles. The first-order valence-corrected chi connectivity index (χ1v) is 5.54. The summed E-state index contributed by atoms with van der Waals surface area (Å²) < 4.78 is 13.1. The summed E-state index contributed by atoms with van der Waals surface area (Å²) >= 11 is 0. The number of hydroxylamine groups is 1. The normalized spacial score (nSPS) is 23.8. The van der Waals surface area contributed by atoms with E-state index in [1.807, 2.05) is 12.1 Å². The van der Waals surface area contributed by atoms with E-state index in [9.17, 15) is 4.39 Å². The van der Waals surface area contributed by atoms with Crippen molar-refractivity contribution in [2.75, 3.05) is 13.2 Å². The van der Waals surface area contributed by atoms with Gasteiger partial charge < -0.3 is 9.94 Å². The third kappa shape index (κ3) is 2.58. The summed E-state index contributed by atoms with van der Waals surface area (Å²) in [6, 6.07) is 7.11. The van der Waals surface area contributed by atoms with E-state index in [0.29, 0.717) is 18.7 Å². The zero-order valence-corrected chi connectivity index (χ0v) is 9.03. The van der Waals surface area contributed by atoms with Crippen LogP contribution in [0, 0.1) is 0 Å². The number of alkyl halides is 1. The number of rotatable bonds is 2. The predicted molar refractivity (Wildman–Crippen MR) is 58.4 cm³/mol. The van der Waals surface area contributed by atoms with Gasteiger partial charge in [-0.1, -0.05) is 24.3 Å². The van der Waals surface area contributed by atoms with Gasteiger partial charge in [-0.3, -0.25) is 0 Å². The van der Waals surface area contributed by atoms with Crippen LogP contribution in [0.25, 0.3) is 0 Å². The third-order valence-corrected chi connectivity index (χ3v) is 2.92. The van der Waals surface area contributed by atoms with Crippen molar-refractivity contribution in [3.05, 3.63) is 35.4 Å². The molecule has 1 aromatic rings. The molecule has 1 aliphatic heterocycles. The zero-order chi connectivity index (χ0) is 11.4. The van der Waals surface area contributed by atoms with Gasteiger partial charge in [0.25, 0.3) is 0 Å². The molecule has 2 unspecified atom stereocenters. The predicted octanol–water partition coefficient (Wildman–Crippen LogP) is 2.05. The van der Waals surface area contributed by atoms with E-state index < -0.39 is 6.36 Å². The molecule has 2 rings (SSSR count). The van der Waals surface area contributed by atoms with Crippen LogP contribution in [0.15, 0.2) is 24.3 Å². The molecule has 3 nitrogen and oxygen atoms in total. The fraction of sp³-hybridized carbons (Fsp3) is 0.500. The highest BCUT2D eigenvalue weighted by atomic mass is 19.1. The Morgan fingerprint density at radius 3 is 3.06 bits per heavy atom. The van der Waals surface area contributed by atoms with Gasteiger partial charge >= 0.3 is 0 Å². The van der Waals surface area contributed by atoms with Crippen LogP contribution in [0.1, 0.15) is 36.2 Å². The number of nitrogens with one attached hydrogen (secondary N) is 1. The minimum Gasteiger partial charge on any atom is -0.360 e. The second-order valence-corrected chi connectivity index (χ2v) is 4.00. The molecule has 0 saturated carbocycles. The summed E-state index contributed by atoms with van der Waals surface area (Å²) in [5.41, 5.74) is 4.10. The fourth-order valence-corrected chi connectivity index (χ4v) is 2.10. The average Bonchev–Trinajstić information content (AvgIpc) is 2.57. The number of aliphatic hydroxyl groups is 1. The van der Waals surface area contributed by atoms with Crippen molar-refractivity contribution in [1.82, 2.24) is 5.48 Å². The van der Waals surface area contributed by atoms with Gasteiger partial charge in [0, 0.05) is 12.1 Å². The first-order chi connectivity index (χ1) is 7.79. The van der Waals surface area contributed by atoms with Crippen LogP contribution in [0.3, 0.4) is 0 Å². The van der Waals surface area contributed by atoms with E-state index in [2.05, 4.69) is 5.48 Å². The van der Waals surface area contributed by atoms with E-state index >= 15 is 0 Å². The first kappa shape index (κ1) is 11.5. The lowest BCUT2D eigenvalue weighted by Crippen LogP contribution is -2.19. The smallest absolute Gasteiger partial charge is 0.222 e. The zero-order valence-electron chi connectivity index (χ0n) is 9.03. The summed E-state index contributed by atoms with van der Waals surface area (Å²) in [7, 11) is 0. The summed E-state index contributed by atoms with van der Waals surface area (Å²) in [6.45, 7) is 1.33. The van der Waals surface area contributed by atoms with Gasteiger partial charge in [-0.2, -0.15) is 0 Å². The lowest BCUT2D eigenvalue weighted by atomic mass is 9.90. The standard InChI is InChI=1S/C12H16FNO2/c13-12(15)11-6-2-1-5-10(11)9-4-3-7-16-14-8-9/h1-2,5-6,9,12,14-15H,3-4,7-8H2. The Morgan fingerprint density at radius 1 is 1.44 bits per heavy atom. The topological polar surface area (TPSA) is 41.5 Å². The van der Waals surface area contributed by atoms with Crippen LogP contribution in [-0.2, 0) is 4.84 Å². The summed E-state index contributed by atoms with van der Waals surface area (Å²) in [6.07, 6.45) is -0.0224. The molecule has 0 radical (unpaired) electrons. The van der Waals surface area contributed by atoms with Crippen LogP contribution < -0.4 is 5.48 Å². The Balaban J connectivity index is 2.23. The third-order valence-electron chi connectivity index (χ3n) is 2.92. The van der Waals surface area contributed by atoms with Crippen LogP contribution in [0.5, 0.6) is 0 Å². The van der Waals surface area contributed by atoms with Gasteiger partial charge in [-0.05, 0) is 24.3 Å². The quantitative estimate of drug-likeness (QED) is 0.809. The molecule has 1 saturated heterocycles. The lowest BCUT2D eigenvalue weighted by molar-refractivity contribution is 0.0390. The molecular weight excluding hydrogens is 209 g/mol. The van der Waals surface area contributed by atoms with Crippen LogP contribution in [-0.4, -0.2) is 18.3 Å². The number of benzene rings is 1. The SMILES string of the molecule is OC(F)c1ccccc1C1CCCONC1. The molecule has 1 aliphatic rings. The highest BCUT2D eigenvalue weighted by Crippen LogP contribution is 2.29. The Bertz CT molecular complexity index is 336. The molecule has 2 N–H and O–H groups in total. The molecule has 1 heterocycles. The van der Waals surface area contributed by atoms with Crippen molar-refractivity contribution < 1.29 is 14.3 Å². The maximum atomic E-state index is 13.1. The number of hydrogen-bond donors (Lipinski definition) is 2. The summed E-state index contributed by atoms with van der Waals surface area (Å²) in [5, 5.41) is 9.09. The van der Waals surface area contributed by atoms with Gasteiger partial charge in [0.2, 0.25) is 6.36 Å². The largest absolute Gasteiger partial charge is 0.360 e. The van der Waals surface area contributed by atoms with Crippen molar-refractivity contribution in [1.29, 1.82) is 0 Å². The molecule has 0 spiro atoms. The van der Waals surface area contributed by atoms with E-state index in [0.717, 1.165) is 18.4 Å². The molecule has 88 valence electrons. The van der Waals surface area contributed by atoms with Gasteiger partial charge in [-0.15, -0.1) is 0 Å². The van der Waals surface area contributed by atoms with Crippen molar-refractivity contribution >= 4 is 0 Å². The Labute approximate surface area is 94.2 Å². The van der Waals surface area contributed by atoms with E-state index in [1.165, 1.54) is 0 Å². The molecule has 4 heteroatoms. The molecule has 2 atom stereocenters. The molecule has 0 amide bonds. The van der Waals surface area contributed by atoms with Crippen molar-refractivity contribution in [2.24, 2.45) is 0 Å². The van der Waals surface area contributed by atoms with Crippen molar-refractivity contribution in [2.45, 2.75) is 25.1 Å². The Kier molecular flexibility index (Phi) is 3.88. The van der Waals surface area contributed by atoms with E-state index in [4.69, 9.17) is 9.94 Å². The minimum absolute atomic E-state index is 0.198. The van der Waals surface area contributed by atoms with Crippen molar-refractivity contribution in [3.8, 4) is 0 Å². The number of hydrogen-bond acceptors (Lipinski definition) is 3. The van der Waals surface area contributed by atoms with Gasteiger partial charge in [0.15, 0.2) is 0 Å². The average molecular weight is 225 g/mol. The number of halogens is 1. The monoisotopic (exact) mass is 225 g/mol. The molecule has 1 aromatic carbocycles. The molecular formula is C12H16FNO2. The van der Waals surface area contributed by atoms with Gasteiger partial charge in [0.05, 0.1) is 6.61 Å². The van der Waals surface area contributed by atoms with Crippen LogP contribution in [0.4, 0.5) is 4.39 Å². The second-order valence-electron chi connectivity index (χ2n) is 4.00. The summed E-state index contributed by atoms with van der Waals surface area (Å²) in [4.78, 5) is 5.14. The van der Waals surface area contributed by atoms with E-state index in [1.54, 1.807) is 12.1 Å². The minimum atomic E-state index is -1.90. The molecule has 16 heavy (non-hydrogen) atoms. The molecule has 1 fully saturated rings. The second kappa shape index (κ2) is 5.39. The van der Waals surface area contributed by atoms with Gasteiger partial charge in [0.1, 0.15) is 0 Å².